The molecule has 0 aromatic carbocycles. The molecule has 4 rings (SSSR count). The molecule has 0 spiro atoms. The smallest absolute Gasteiger partial charge is 0.139 e. The van der Waals surface area contributed by atoms with E-state index in [1.54, 1.807) is 4.88 Å². The monoisotopic (exact) mass is 315 g/mol. The van der Waals surface area contributed by atoms with Gasteiger partial charge in [0.2, 0.25) is 0 Å². The first kappa shape index (κ1) is 14.4. The van der Waals surface area contributed by atoms with Crippen molar-refractivity contribution >= 4 is 27.4 Å². The summed E-state index contributed by atoms with van der Waals surface area (Å²) in [6.07, 6.45) is 10.4. The maximum Gasteiger partial charge on any atom is 0.139 e. The van der Waals surface area contributed by atoms with Crippen molar-refractivity contribution in [2.75, 3.05) is 5.32 Å². The molecule has 0 saturated heterocycles. The van der Waals surface area contributed by atoms with Crippen molar-refractivity contribution in [3.05, 3.63) is 16.3 Å². The Labute approximate surface area is 136 Å². The number of thiophene rings is 1. The van der Waals surface area contributed by atoms with Crippen molar-refractivity contribution in [2.24, 2.45) is 5.92 Å². The van der Waals surface area contributed by atoms with Crippen molar-refractivity contribution in [1.82, 2.24) is 9.97 Å². The standard InChI is InChI=1S/C18H25N3S/c1-11-8-9-14-15(10-11)22-18-16(14)17(19-12(2)20-18)21-13-6-4-3-5-7-13/h11,13H,3-10H2,1-2H3,(H,19,20,21)/t11-/m1/s1. The molecule has 0 amide bonds. The average molecular weight is 315 g/mol. The quantitative estimate of drug-likeness (QED) is 0.859. The first-order valence-corrected chi connectivity index (χ1v) is 9.58. The lowest BCUT2D eigenvalue weighted by molar-refractivity contribution is 0.462. The van der Waals surface area contributed by atoms with E-state index in [2.05, 4.69) is 12.2 Å². The summed E-state index contributed by atoms with van der Waals surface area (Å²) in [7, 11) is 0. The van der Waals surface area contributed by atoms with E-state index >= 15 is 0 Å². The van der Waals surface area contributed by atoms with Gasteiger partial charge < -0.3 is 5.32 Å². The second-order valence-corrected chi connectivity index (χ2v) is 8.21. The van der Waals surface area contributed by atoms with E-state index in [1.165, 1.54) is 67.1 Å². The van der Waals surface area contributed by atoms with Gasteiger partial charge >= 0.3 is 0 Å². The summed E-state index contributed by atoms with van der Waals surface area (Å²) in [5.74, 6) is 2.82. The third kappa shape index (κ3) is 2.62. The Kier molecular flexibility index (Phi) is 3.81. The number of hydrogen-bond acceptors (Lipinski definition) is 4. The van der Waals surface area contributed by atoms with Crippen molar-refractivity contribution < 1.29 is 0 Å². The highest BCUT2D eigenvalue weighted by Crippen LogP contribution is 2.40. The lowest BCUT2D eigenvalue weighted by Gasteiger charge is -2.24. The minimum atomic E-state index is 0.601. The fraction of sp³-hybridized carbons (Fsp3) is 0.667. The molecular weight excluding hydrogens is 290 g/mol. The van der Waals surface area contributed by atoms with Crippen LogP contribution in [-0.2, 0) is 12.8 Å². The van der Waals surface area contributed by atoms with Gasteiger partial charge in [0.25, 0.3) is 0 Å². The molecular formula is C18H25N3S. The number of nitrogens with one attached hydrogen (secondary N) is 1. The second kappa shape index (κ2) is 5.80. The molecule has 4 heteroatoms. The highest BCUT2D eigenvalue weighted by molar-refractivity contribution is 7.19. The Hall–Kier alpha value is -1.16. The zero-order valence-electron chi connectivity index (χ0n) is 13.6. The van der Waals surface area contributed by atoms with Crippen LogP contribution >= 0.6 is 11.3 Å². The number of rotatable bonds is 2. The number of hydrogen-bond donors (Lipinski definition) is 1. The van der Waals surface area contributed by atoms with Gasteiger partial charge in [-0.05, 0) is 50.5 Å². The third-order valence-electron chi connectivity index (χ3n) is 5.21. The molecule has 1 saturated carbocycles. The van der Waals surface area contributed by atoms with E-state index < -0.39 is 0 Å². The molecule has 2 aromatic heterocycles. The topological polar surface area (TPSA) is 37.8 Å². The third-order valence-corrected chi connectivity index (χ3v) is 6.36. The van der Waals surface area contributed by atoms with E-state index in [0.717, 1.165) is 17.6 Å². The lowest BCUT2D eigenvalue weighted by atomic mass is 9.89. The van der Waals surface area contributed by atoms with Gasteiger partial charge in [-0.2, -0.15) is 0 Å². The van der Waals surface area contributed by atoms with Crippen LogP contribution in [-0.4, -0.2) is 16.0 Å². The minimum Gasteiger partial charge on any atom is -0.367 e. The molecule has 0 radical (unpaired) electrons. The highest BCUT2D eigenvalue weighted by Gasteiger charge is 2.24. The van der Waals surface area contributed by atoms with Gasteiger partial charge in [0.05, 0.1) is 5.39 Å². The molecule has 118 valence electrons. The zero-order chi connectivity index (χ0) is 15.1. The Balaban J connectivity index is 1.76. The SMILES string of the molecule is Cc1nc(NC2CCCCC2)c2c3c(sc2n1)C[C@H](C)CC3. The summed E-state index contributed by atoms with van der Waals surface area (Å²) >= 11 is 1.90. The summed E-state index contributed by atoms with van der Waals surface area (Å²) in [4.78, 5) is 12.3. The van der Waals surface area contributed by atoms with Crippen molar-refractivity contribution in [2.45, 2.75) is 71.3 Å². The molecule has 1 atom stereocenters. The average Bonchev–Trinajstić information content (AvgIpc) is 2.85. The van der Waals surface area contributed by atoms with Crippen LogP contribution in [0.2, 0.25) is 0 Å². The fourth-order valence-corrected chi connectivity index (χ4v) is 5.42. The molecule has 3 nitrogen and oxygen atoms in total. The van der Waals surface area contributed by atoms with E-state index in [0.29, 0.717) is 6.04 Å². The minimum absolute atomic E-state index is 0.601. The van der Waals surface area contributed by atoms with Crippen LogP contribution in [0.4, 0.5) is 5.82 Å². The summed E-state index contributed by atoms with van der Waals surface area (Å²) in [6, 6.07) is 0.601. The number of anilines is 1. The van der Waals surface area contributed by atoms with Crippen LogP contribution in [0.3, 0.4) is 0 Å². The molecule has 2 aromatic rings. The molecule has 0 bridgehead atoms. The Morgan fingerprint density at radius 2 is 1.91 bits per heavy atom. The van der Waals surface area contributed by atoms with E-state index in [-0.39, 0.29) is 0 Å². The summed E-state index contributed by atoms with van der Waals surface area (Å²) in [5.41, 5.74) is 1.54. The van der Waals surface area contributed by atoms with Gasteiger partial charge in [0.15, 0.2) is 0 Å². The summed E-state index contributed by atoms with van der Waals surface area (Å²) in [6.45, 7) is 4.39. The van der Waals surface area contributed by atoms with Crippen LogP contribution in [0.15, 0.2) is 0 Å². The first-order chi connectivity index (χ1) is 10.7. The second-order valence-electron chi connectivity index (χ2n) is 7.13. The summed E-state index contributed by atoms with van der Waals surface area (Å²) < 4.78 is 0. The maximum atomic E-state index is 4.78. The van der Waals surface area contributed by atoms with Crippen LogP contribution < -0.4 is 5.32 Å². The zero-order valence-corrected chi connectivity index (χ0v) is 14.4. The van der Waals surface area contributed by atoms with E-state index in [9.17, 15) is 0 Å². The van der Waals surface area contributed by atoms with Gasteiger partial charge in [-0.1, -0.05) is 26.2 Å². The highest BCUT2D eigenvalue weighted by atomic mass is 32.1. The van der Waals surface area contributed by atoms with Gasteiger partial charge in [0.1, 0.15) is 16.5 Å². The van der Waals surface area contributed by atoms with Gasteiger partial charge in [0, 0.05) is 10.9 Å². The van der Waals surface area contributed by atoms with Gasteiger partial charge in [-0.15, -0.1) is 11.3 Å². The molecule has 0 aliphatic heterocycles. The number of aryl methyl sites for hydroxylation is 2. The van der Waals surface area contributed by atoms with Gasteiger partial charge in [-0.3, -0.25) is 0 Å². The van der Waals surface area contributed by atoms with Crippen LogP contribution in [0.25, 0.3) is 10.2 Å². The molecule has 22 heavy (non-hydrogen) atoms. The first-order valence-electron chi connectivity index (χ1n) is 8.76. The Bertz CT molecular complexity index is 685. The molecule has 1 N–H and O–H groups in total. The normalized spacial score (nSPS) is 22.7. The van der Waals surface area contributed by atoms with Crippen molar-refractivity contribution in [1.29, 1.82) is 0 Å². The van der Waals surface area contributed by atoms with E-state index in [1.807, 2.05) is 18.3 Å². The molecule has 2 aliphatic rings. The molecule has 1 fully saturated rings. The predicted molar refractivity (Wildman–Crippen MR) is 93.8 cm³/mol. The Morgan fingerprint density at radius 3 is 2.73 bits per heavy atom. The van der Waals surface area contributed by atoms with Gasteiger partial charge in [-0.25, -0.2) is 9.97 Å². The molecule has 2 heterocycles. The maximum absolute atomic E-state index is 4.78. The summed E-state index contributed by atoms with van der Waals surface area (Å²) in [5, 5.41) is 5.10. The predicted octanol–water partition coefficient (Wildman–Crippen LogP) is 4.87. The van der Waals surface area contributed by atoms with Crippen LogP contribution in [0, 0.1) is 12.8 Å². The van der Waals surface area contributed by atoms with Crippen molar-refractivity contribution in [3.8, 4) is 0 Å². The lowest BCUT2D eigenvalue weighted by Crippen LogP contribution is -2.23. The van der Waals surface area contributed by atoms with E-state index in [4.69, 9.17) is 9.97 Å². The van der Waals surface area contributed by atoms with Crippen LogP contribution in [0.5, 0.6) is 0 Å². The van der Waals surface area contributed by atoms with Crippen molar-refractivity contribution in [3.63, 3.8) is 0 Å². The number of aromatic nitrogens is 2. The molecule has 2 aliphatic carbocycles. The Morgan fingerprint density at radius 1 is 1.09 bits per heavy atom. The number of fused-ring (bicyclic) bond motifs is 3. The van der Waals surface area contributed by atoms with Crippen LogP contribution in [0.1, 0.15) is 61.7 Å². The number of nitrogens with zero attached hydrogens (tertiary/aromatic N) is 2. The molecule has 0 unspecified atom stereocenters. The largest absolute Gasteiger partial charge is 0.367 e. The fourth-order valence-electron chi connectivity index (χ4n) is 3.99.